The van der Waals surface area contributed by atoms with Crippen LogP contribution in [0.2, 0.25) is 5.02 Å². The molecule has 3 aliphatic rings. The lowest BCUT2D eigenvalue weighted by atomic mass is 9.69. The number of hydrogen-bond acceptors (Lipinski definition) is 6. The van der Waals surface area contributed by atoms with Crippen molar-refractivity contribution in [2.45, 2.75) is 66.5 Å². The molecule has 200 valence electrons. The number of sulfone groups is 1. The molecule has 3 saturated carbocycles. The highest BCUT2D eigenvalue weighted by Gasteiger charge is 2.61. The van der Waals surface area contributed by atoms with Crippen LogP contribution in [0.5, 0.6) is 0 Å². The van der Waals surface area contributed by atoms with Crippen molar-refractivity contribution < 1.29 is 37.3 Å². The Morgan fingerprint density at radius 1 is 1.00 bits per heavy atom. The van der Waals surface area contributed by atoms with Crippen LogP contribution in [-0.2, 0) is 9.84 Å². The van der Waals surface area contributed by atoms with Gasteiger partial charge < -0.3 is 20.6 Å². The minimum Gasteiger partial charge on any atom is -0.390 e. The molecule has 0 heterocycles. The lowest BCUT2D eigenvalue weighted by molar-refractivity contribution is -0.179. The number of hydrogen-bond donors (Lipinski definition) is 4. The maximum absolute atomic E-state index is 13.7. The smallest absolute Gasteiger partial charge is 0.255 e. The van der Waals surface area contributed by atoms with Crippen molar-refractivity contribution in [2.75, 3.05) is 5.32 Å². The fourth-order valence-electron chi connectivity index (χ4n) is 6.07. The molecule has 0 aliphatic heterocycles. The maximum Gasteiger partial charge on any atom is 0.255 e. The summed E-state index contributed by atoms with van der Waals surface area (Å²) in [5.41, 5.74) is -1.59. The van der Waals surface area contributed by atoms with Crippen molar-refractivity contribution in [1.29, 1.82) is 0 Å². The van der Waals surface area contributed by atoms with Crippen LogP contribution >= 0.6 is 11.6 Å². The molecule has 0 aromatic heterocycles. The number of rotatable bonds is 7. The molecule has 0 radical (unpaired) electrons. The largest absolute Gasteiger partial charge is 0.390 e. The van der Waals surface area contributed by atoms with E-state index in [1.165, 1.54) is 18.2 Å². The molecular weight excluding hydrogens is 528 g/mol. The summed E-state index contributed by atoms with van der Waals surface area (Å²) in [6, 6.07) is 6.63. The number of carbonyl (C=O) groups is 1. The number of aliphatic hydroxyl groups excluding tert-OH is 2. The lowest BCUT2D eigenvalue weighted by Crippen LogP contribution is -2.59. The quantitative estimate of drug-likeness (QED) is 0.413. The van der Waals surface area contributed by atoms with Crippen LogP contribution in [0.4, 0.5) is 14.5 Å². The average Bonchev–Trinajstić information content (AvgIpc) is 3.68. The van der Waals surface area contributed by atoms with Crippen molar-refractivity contribution in [3.63, 3.8) is 0 Å². The highest BCUT2D eigenvalue weighted by atomic mass is 35.5. The van der Waals surface area contributed by atoms with Crippen LogP contribution in [0.25, 0.3) is 0 Å². The van der Waals surface area contributed by atoms with Gasteiger partial charge in [-0.05, 0) is 86.6 Å². The lowest BCUT2D eigenvalue weighted by Gasteiger charge is -2.46. The molecule has 11 heteroatoms. The first kappa shape index (κ1) is 26.5. The summed E-state index contributed by atoms with van der Waals surface area (Å²) in [6.45, 7) is 0. The molecule has 2 bridgehead atoms. The number of fused-ring (bicyclic) bond motifs is 2. The van der Waals surface area contributed by atoms with Gasteiger partial charge in [-0.1, -0.05) is 11.6 Å². The van der Waals surface area contributed by atoms with Crippen LogP contribution in [0.1, 0.15) is 48.9 Å². The van der Waals surface area contributed by atoms with Gasteiger partial charge in [0.25, 0.3) is 5.91 Å². The van der Waals surface area contributed by atoms with E-state index < -0.39 is 62.3 Å². The number of amides is 1. The molecule has 2 aromatic carbocycles. The maximum atomic E-state index is 13.7. The number of anilines is 1. The summed E-state index contributed by atoms with van der Waals surface area (Å²) >= 11 is 6.26. The Balaban J connectivity index is 1.37. The SMILES string of the molecule is O=C(Nc1ccc(F)c(F)c1)c1ccc(Cl)c(S(=O)(=O)[C@@H]2CC3CC[C@@H](C2)[C@@]3(O)[C@H](O)[C@@H](O)C2CC2)c1. The van der Waals surface area contributed by atoms with Crippen LogP contribution in [0.15, 0.2) is 41.3 Å². The van der Waals surface area contributed by atoms with Gasteiger partial charge in [0, 0.05) is 17.3 Å². The summed E-state index contributed by atoms with van der Waals surface area (Å²) in [5, 5.41) is 34.2. The van der Waals surface area contributed by atoms with Gasteiger partial charge in [-0.25, -0.2) is 17.2 Å². The summed E-state index contributed by atoms with van der Waals surface area (Å²) in [6.07, 6.45) is 0.446. The van der Waals surface area contributed by atoms with E-state index in [0.717, 1.165) is 31.0 Å². The normalized spacial score (nSPS) is 29.1. The van der Waals surface area contributed by atoms with Crippen LogP contribution in [0, 0.1) is 29.4 Å². The van der Waals surface area contributed by atoms with E-state index in [1.54, 1.807) is 0 Å². The molecule has 37 heavy (non-hydrogen) atoms. The first-order valence-corrected chi connectivity index (χ1v) is 14.2. The number of aliphatic hydroxyl groups is 3. The van der Waals surface area contributed by atoms with Crippen molar-refractivity contribution >= 4 is 33.0 Å². The second kappa shape index (κ2) is 9.57. The van der Waals surface area contributed by atoms with Gasteiger partial charge in [0.2, 0.25) is 0 Å². The highest BCUT2D eigenvalue weighted by molar-refractivity contribution is 7.92. The summed E-state index contributed by atoms with van der Waals surface area (Å²) in [4.78, 5) is 12.5. The van der Waals surface area contributed by atoms with E-state index in [2.05, 4.69) is 5.32 Å². The Labute approximate surface area is 218 Å². The van der Waals surface area contributed by atoms with Crippen molar-refractivity contribution in [2.24, 2.45) is 17.8 Å². The number of carbonyl (C=O) groups excluding carboxylic acids is 1. The second-order valence-corrected chi connectivity index (χ2v) is 13.1. The molecule has 5 rings (SSSR count). The molecule has 3 fully saturated rings. The molecule has 1 unspecified atom stereocenters. The Morgan fingerprint density at radius 3 is 2.24 bits per heavy atom. The van der Waals surface area contributed by atoms with Crippen molar-refractivity contribution in [3.8, 4) is 0 Å². The van der Waals surface area contributed by atoms with Gasteiger partial charge in [-0.3, -0.25) is 4.79 Å². The third-order valence-electron chi connectivity index (χ3n) is 8.28. The molecule has 6 atom stereocenters. The first-order valence-electron chi connectivity index (χ1n) is 12.3. The van der Waals surface area contributed by atoms with Crippen molar-refractivity contribution in [1.82, 2.24) is 0 Å². The van der Waals surface area contributed by atoms with E-state index in [4.69, 9.17) is 11.6 Å². The van der Waals surface area contributed by atoms with E-state index in [1.807, 2.05) is 0 Å². The van der Waals surface area contributed by atoms with E-state index in [0.29, 0.717) is 12.8 Å². The Bertz CT molecular complexity index is 1320. The Hall–Kier alpha value is -2.11. The minimum atomic E-state index is -4.04. The number of nitrogens with one attached hydrogen (secondary N) is 1. The van der Waals surface area contributed by atoms with Gasteiger partial charge in [0.05, 0.1) is 26.9 Å². The van der Waals surface area contributed by atoms with Gasteiger partial charge in [0.1, 0.15) is 6.10 Å². The third kappa shape index (κ3) is 4.67. The molecule has 7 nitrogen and oxygen atoms in total. The number of halogens is 3. The Kier molecular flexibility index (Phi) is 6.85. The monoisotopic (exact) mass is 555 g/mol. The van der Waals surface area contributed by atoms with E-state index in [9.17, 15) is 37.3 Å². The van der Waals surface area contributed by atoms with Gasteiger partial charge in [-0.2, -0.15) is 0 Å². The zero-order chi connectivity index (χ0) is 26.7. The van der Waals surface area contributed by atoms with Crippen molar-refractivity contribution in [3.05, 3.63) is 58.6 Å². The predicted molar refractivity (Wildman–Crippen MR) is 132 cm³/mol. The summed E-state index contributed by atoms with van der Waals surface area (Å²) < 4.78 is 54.0. The number of benzene rings is 2. The van der Waals surface area contributed by atoms with Gasteiger partial charge in [0.15, 0.2) is 21.5 Å². The average molecular weight is 556 g/mol. The molecule has 0 spiro atoms. The Morgan fingerprint density at radius 2 is 1.65 bits per heavy atom. The first-order chi connectivity index (χ1) is 17.4. The van der Waals surface area contributed by atoms with Gasteiger partial charge >= 0.3 is 0 Å². The highest BCUT2D eigenvalue weighted by Crippen LogP contribution is 2.55. The second-order valence-electron chi connectivity index (χ2n) is 10.5. The standard InChI is InChI=1S/C26H28ClF2NO6S/c27-19-7-3-14(25(33)30-17-6-8-20(28)21(29)12-17)9-22(19)37(35,36)18-10-15-4-5-16(11-18)26(15,34)24(32)23(31)13-1-2-13/h3,6-9,12-13,15-16,18,23-24,31-32,34H,1-2,4-5,10-11H2,(H,30,33)/t15-,16?,18-,23-,24+,26-/m0/s1. The fraction of sp³-hybridized carbons (Fsp3) is 0.500. The molecular formula is C26H28ClF2NO6S. The fourth-order valence-corrected chi connectivity index (χ4v) is 8.47. The van der Waals surface area contributed by atoms with Gasteiger partial charge in [-0.15, -0.1) is 0 Å². The summed E-state index contributed by atoms with van der Waals surface area (Å²) in [7, 11) is -4.04. The van der Waals surface area contributed by atoms with Crippen LogP contribution in [0.3, 0.4) is 0 Å². The van der Waals surface area contributed by atoms with E-state index >= 15 is 0 Å². The summed E-state index contributed by atoms with van der Waals surface area (Å²) in [5.74, 6) is -3.99. The van der Waals surface area contributed by atoms with Crippen LogP contribution < -0.4 is 5.32 Å². The van der Waals surface area contributed by atoms with Crippen LogP contribution in [-0.4, -0.2) is 52.7 Å². The zero-order valence-corrected chi connectivity index (χ0v) is 21.4. The molecule has 0 saturated heterocycles. The molecule has 4 N–H and O–H groups in total. The molecule has 3 aliphatic carbocycles. The minimum absolute atomic E-state index is 0.00154. The predicted octanol–water partition coefficient (Wildman–Crippen LogP) is 3.70. The topological polar surface area (TPSA) is 124 Å². The zero-order valence-electron chi connectivity index (χ0n) is 19.8. The third-order valence-corrected chi connectivity index (χ3v) is 10.9. The molecule has 2 aromatic rings. The molecule has 1 amide bonds. The van der Waals surface area contributed by atoms with E-state index in [-0.39, 0.29) is 39.9 Å².